The van der Waals surface area contributed by atoms with Crippen LogP contribution in [0.2, 0.25) is 0 Å². The minimum atomic E-state index is -4.96. The van der Waals surface area contributed by atoms with E-state index in [9.17, 15) is 43.2 Å². The van der Waals surface area contributed by atoms with E-state index in [0.29, 0.717) is 37.5 Å². The lowest BCUT2D eigenvalue weighted by molar-refractivity contribution is -0.161. The molecule has 546 valence electrons. The zero-order valence-corrected chi connectivity index (χ0v) is 62.0. The topological polar surface area (TPSA) is 237 Å². The molecule has 0 radical (unpaired) electrons. The molecule has 3 N–H and O–H groups in total. The second-order valence-electron chi connectivity index (χ2n) is 28.2. The van der Waals surface area contributed by atoms with Gasteiger partial charge in [0.05, 0.1) is 26.4 Å². The zero-order chi connectivity index (χ0) is 68.2. The van der Waals surface area contributed by atoms with Gasteiger partial charge in [0.2, 0.25) is 0 Å². The molecule has 0 aliphatic rings. The van der Waals surface area contributed by atoms with Crippen molar-refractivity contribution in [2.24, 2.45) is 23.7 Å². The Morgan fingerprint density at radius 1 is 0.272 bits per heavy atom. The molecule has 0 aromatic rings. The molecule has 92 heavy (non-hydrogen) atoms. The third-order valence-corrected chi connectivity index (χ3v) is 18.7. The SMILES string of the molecule is CC(C)CCCCCCCCCCCCCCCCCCC(=O)O[C@H](COC(=O)CCCCCCCCCCCCCCC(C)C)COP(=O)(O)OC[C@@H](O)COP(=O)(O)OC[C@@H](COC(=O)CCCCCCCCC(C)C)OC(=O)CCCCCCCCC(C)C. The molecule has 0 spiro atoms. The number of phosphoric acid groups is 2. The van der Waals surface area contributed by atoms with E-state index in [1.165, 1.54) is 161 Å². The van der Waals surface area contributed by atoms with Crippen molar-refractivity contribution in [1.29, 1.82) is 0 Å². The molecule has 0 aromatic heterocycles. The van der Waals surface area contributed by atoms with E-state index in [4.69, 9.17) is 37.0 Å². The second-order valence-corrected chi connectivity index (χ2v) is 31.1. The molecule has 0 aliphatic carbocycles. The van der Waals surface area contributed by atoms with Crippen molar-refractivity contribution in [2.75, 3.05) is 39.6 Å². The minimum absolute atomic E-state index is 0.101. The van der Waals surface area contributed by atoms with Crippen LogP contribution in [0.5, 0.6) is 0 Å². The van der Waals surface area contributed by atoms with Gasteiger partial charge < -0.3 is 33.8 Å². The van der Waals surface area contributed by atoms with Crippen LogP contribution < -0.4 is 0 Å². The maximum atomic E-state index is 13.1. The predicted octanol–water partition coefficient (Wildman–Crippen LogP) is 20.9. The van der Waals surface area contributed by atoms with Crippen molar-refractivity contribution in [3.63, 3.8) is 0 Å². The quantitative estimate of drug-likeness (QED) is 0.0222. The molecule has 0 saturated carbocycles. The van der Waals surface area contributed by atoms with Gasteiger partial charge in [0, 0.05) is 25.7 Å². The summed E-state index contributed by atoms with van der Waals surface area (Å²) in [4.78, 5) is 72.6. The van der Waals surface area contributed by atoms with E-state index < -0.39 is 97.5 Å². The van der Waals surface area contributed by atoms with Gasteiger partial charge in [-0.15, -0.1) is 0 Å². The molecule has 0 saturated heterocycles. The number of phosphoric ester groups is 2. The number of carbonyl (C=O) groups is 4. The number of carbonyl (C=O) groups excluding carboxylic acids is 4. The molecule has 0 fully saturated rings. The molecule has 0 heterocycles. The number of esters is 4. The molecule has 5 atom stereocenters. The Balaban J connectivity index is 5.20. The van der Waals surface area contributed by atoms with E-state index in [0.717, 1.165) is 108 Å². The molecule has 0 aromatic carbocycles. The van der Waals surface area contributed by atoms with Crippen molar-refractivity contribution < 1.29 is 80.2 Å². The van der Waals surface area contributed by atoms with Gasteiger partial charge in [-0.3, -0.25) is 37.3 Å². The first-order valence-corrected chi connectivity index (χ1v) is 40.7. The Bertz CT molecular complexity index is 1820. The minimum Gasteiger partial charge on any atom is -0.462 e. The Kier molecular flexibility index (Phi) is 61.3. The Morgan fingerprint density at radius 3 is 0.674 bits per heavy atom. The van der Waals surface area contributed by atoms with Gasteiger partial charge in [-0.25, -0.2) is 9.13 Å². The van der Waals surface area contributed by atoms with Gasteiger partial charge in [-0.2, -0.15) is 0 Å². The van der Waals surface area contributed by atoms with E-state index in [-0.39, 0.29) is 25.7 Å². The van der Waals surface area contributed by atoms with Gasteiger partial charge >= 0.3 is 39.5 Å². The van der Waals surface area contributed by atoms with Crippen LogP contribution in [0.4, 0.5) is 0 Å². The zero-order valence-electron chi connectivity index (χ0n) is 60.2. The van der Waals surface area contributed by atoms with Crippen LogP contribution in [0.15, 0.2) is 0 Å². The number of rotatable bonds is 70. The van der Waals surface area contributed by atoms with Crippen LogP contribution in [0.25, 0.3) is 0 Å². The normalized spacial score (nSPS) is 14.2. The summed E-state index contributed by atoms with van der Waals surface area (Å²) in [5.74, 6) is 0.809. The summed E-state index contributed by atoms with van der Waals surface area (Å²) in [5, 5.41) is 10.6. The van der Waals surface area contributed by atoms with E-state index in [1.807, 2.05) is 0 Å². The maximum absolute atomic E-state index is 13.1. The highest BCUT2D eigenvalue weighted by Crippen LogP contribution is 2.45. The lowest BCUT2D eigenvalue weighted by Gasteiger charge is -2.21. The molecule has 0 bridgehead atoms. The van der Waals surface area contributed by atoms with Crippen LogP contribution in [-0.2, 0) is 65.4 Å². The summed E-state index contributed by atoms with van der Waals surface area (Å²) in [6, 6.07) is 0. The molecule has 17 nitrogen and oxygen atoms in total. The Hall–Kier alpha value is -1.94. The summed E-state index contributed by atoms with van der Waals surface area (Å²) >= 11 is 0. The molecule has 2 unspecified atom stereocenters. The standard InChI is InChI=1S/C73H142O17P2/c1-63(2)49-41-33-25-21-17-13-11-9-10-12-14-20-24-28-39-47-55-72(77)89-68(59-83-70(75)53-45-37-27-23-19-16-15-18-22-26-34-42-50-64(3)4)61-87-91(79,80)85-57-67(74)58-86-92(81,82)88-62-69(90-73(78)56-48-40-32-30-36-44-52-66(7)8)60-84-71(76)54-46-38-31-29-35-43-51-65(5)6/h63-69,74H,9-62H2,1-8H3,(H,79,80)(H,81,82)/t67-,68-,69-/m1/s1. The Labute approximate surface area is 562 Å². The smallest absolute Gasteiger partial charge is 0.462 e. The summed E-state index contributed by atoms with van der Waals surface area (Å²) in [5.41, 5.74) is 0. The average molecular weight is 1350 g/mol. The first-order valence-electron chi connectivity index (χ1n) is 37.7. The number of hydrogen-bond donors (Lipinski definition) is 3. The monoisotopic (exact) mass is 1350 g/mol. The van der Waals surface area contributed by atoms with Crippen molar-refractivity contribution in [1.82, 2.24) is 0 Å². The molecular formula is C73H142O17P2. The van der Waals surface area contributed by atoms with Crippen LogP contribution in [0.1, 0.15) is 364 Å². The third kappa shape index (κ3) is 66.7. The van der Waals surface area contributed by atoms with Crippen LogP contribution >= 0.6 is 15.6 Å². The van der Waals surface area contributed by atoms with Crippen LogP contribution in [0, 0.1) is 23.7 Å². The van der Waals surface area contributed by atoms with Gasteiger partial charge in [0.1, 0.15) is 19.3 Å². The highest BCUT2D eigenvalue weighted by Gasteiger charge is 2.30. The predicted molar refractivity (Wildman–Crippen MR) is 372 cm³/mol. The van der Waals surface area contributed by atoms with Crippen molar-refractivity contribution in [2.45, 2.75) is 382 Å². The van der Waals surface area contributed by atoms with Crippen LogP contribution in [-0.4, -0.2) is 96.7 Å². The van der Waals surface area contributed by atoms with Crippen molar-refractivity contribution in [3.8, 4) is 0 Å². The van der Waals surface area contributed by atoms with Crippen molar-refractivity contribution in [3.05, 3.63) is 0 Å². The highest BCUT2D eigenvalue weighted by atomic mass is 31.2. The highest BCUT2D eigenvalue weighted by molar-refractivity contribution is 7.47. The molecule has 0 aliphatic heterocycles. The van der Waals surface area contributed by atoms with Crippen molar-refractivity contribution >= 4 is 39.5 Å². The van der Waals surface area contributed by atoms with Gasteiger partial charge in [-0.05, 0) is 49.4 Å². The average Bonchev–Trinajstić information content (AvgIpc) is 2.76. The fourth-order valence-corrected chi connectivity index (χ4v) is 12.6. The fourth-order valence-electron chi connectivity index (χ4n) is 11.0. The molecule has 19 heteroatoms. The first kappa shape index (κ1) is 90.1. The lowest BCUT2D eigenvalue weighted by Crippen LogP contribution is -2.30. The fraction of sp³-hybridized carbons (Fsp3) is 0.945. The number of ether oxygens (including phenoxy) is 4. The number of aliphatic hydroxyl groups is 1. The van der Waals surface area contributed by atoms with Crippen LogP contribution in [0.3, 0.4) is 0 Å². The lowest BCUT2D eigenvalue weighted by atomic mass is 10.0. The number of hydrogen-bond acceptors (Lipinski definition) is 15. The van der Waals surface area contributed by atoms with E-state index in [2.05, 4.69) is 55.4 Å². The van der Waals surface area contributed by atoms with Gasteiger partial charge in [0.25, 0.3) is 0 Å². The summed E-state index contributed by atoms with van der Waals surface area (Å²) in [7, 11) is -9.90. The number of unbranched alkanes of at least 4 members (excludes halogenated alkanes) is 36. The second kappa shape index (κ2) is 62.6. The third-order valence-electron chi connectivity index (χ3n) is 16.8. The maximum Gasteiger partial charge on any atom is 0.472 e. The molecular weight excluding hydrogens is 1210 g/mol. The van der Waals surface area contributed by atoms with E-state index >= 15 is 0 Å². The number of aliphatic hydroxyl groups excluding tert-OH is 1. The molecule has 0 amide bonds. The Morgan fingerprint density at radius 2 is 0.457 bits per heavy atom. The summed E-state index contributed by atoms with van der Waals surface area (Å²) < 4.78 is 68.3. The van der Waals surface area contributed by atoms with Gasteiger partial charge in [0.15, 0.2) is 12.2 Å². The largest absolute Gasteiger partial charge is 0.472 e. The van der Waals surface area contributed by atoms with Gasteiger partial charge in [-0.1, -0.05) is 312 Å². The van der Waals surface area contributed by atoms with E-state index in [1.54, 1.807) is 0 Å². The summed E-state index contributed by atoms with van der Waals surface area (Å²) in [6.45, 7) is 14.0. The molecule has 0 rings (SSSR count). The summed E-state index contributed by atoms with van der Waals surface area (Å²) in [6.07, 6.45) is 46.2. The first-order chi connectivity index (χ1) is 44.1.